The molecule has 0 amide bonds. The van der Waals surface area contributed by atoms with Crippen LogP contribution in [0.5, 0.6) is 0 Å². The first-order chi connectivity index (χ1) is 8.70. The van der Waals surface area contributed by atoms with Crippen molar-refractivity contribution in [3.8, 4) is 0 Å². The van der Waals surface area contributed by atoms with Gasteiger partial charge in [-0.1, -0.05) is 33.7 Å². The summed E-state index contributed by atoms with van der Waals surface area (Å²) in [6.07, 6.45) is 3.89. The minimum Gasteiger partial charge on any atom is -0.174 e. The molecule has 0 aliphatic heterocycles. The van der Waals surface area contributed by atoms with Gasteiger partial charge in [0.1, 0.15) is 0 Å². The molecular formula is C12H22S6. The minimum absolute atomic E-state index is 0.473. The quantitative estimate of drug-likeness (QED) is 0.210. The van der Waals surface area contributed by atoms with E-state index >= 15 is 0 Å². The molecule has 0 saturated carbocycles. The third kappa shape index (κ3) is 14.0. The molecule has 0 aromatic carbocycles. The van der Waals surface area contributed by atoms with Crippen LogP contribution in [0.1, 0.15) is 0 Å². The molecule has 2 unspecified atom stereocenters. The first kappa shape index (κ1) is 19.6. The zero-order valence-corrected chi connectivity index (χ0v) is 15.5. The second-order valence-electron chi connectivity index (χ2n) is 3.53. The van der Waals surface area contributed by atoms with Crippen LogP contribution in [0.2, 0.25) is 0 Å². The Hall–Kier alpha value is 1.58. The van der Waals surface area contributed by atoms with Gasteiger partial charge in [0, 0.05) is 45.0 Å². The van der Waals surface area contributed by atoms with Crippen LogP contribution in [0.15, 0.2) is 25.3 Å². The zero-order valence-electron chi connectivity index (χ0n) is 10.5. The fraction of sp³-hybridized carbons (Fsp3) is 0.667. The number of hydrogen-bond donors (Lipinski definition) is 2. The van der Waals surface area contributed by atoms with E-state index in [1.165, 1.54) is 0 Å². The van der Waals surface area contributed by atoms with Gasteiger partial charge in [-0.15, -0.1) is 13.2 Å². The molecule has 0 saturated heterocycles. The van der Waals surface area contributed by atoms with Gasteiger partial charge in [0.25, 0.3) is 0 Å². The molecule has 0 bridgehead atoms. The SMILES string of the molecule is C=CCSCC(S)CSSCC(S)CSCC=C. The molecule has 0 N–H and O–H groups in total. The highest BCUT2D eigenvalue weighted by Crippen LogP contribution is 2.27. The van der Waals surface area contributed by atoms with Gasteiger partial charge >= 0.3 is 0 Å². The van der Waals surface area contributed by atoms with E-state index < -0.39 is 0 Å². The van der Waals surface area contributed by atoms with Gasteiger partial charge < -0.3 is 0 Å². The van der Waals surface area contributed by atoms with Gasteiger partial charge in [-0.25, -0.2) is 0 Å². The Morgan fingerprint density at radius 3 is 1.50 bits per heavy atom. The number of hydrogen-bond acceptors (Lipinski definition) is 6. The summed E-state index contributed by atoms with van der Waals surface area (Å²) in [4.78, 5) is 0. The molecule has 0 aliphatic carbocycles. The molecule has 0 radical (unpaired) electrons. The van der Waals surface area contributed by atoms with Gasteiger partial charge in [-0.3, -0.25) is 0 Å². The maximum absolute atomic E-state index is 4.57. The molecule has 2 atom stereocenters. The predicted octanol–water partition coefficient (Wildman–Crippen LogP) is 4.80. The summed E-state index contributed by atoms with van der Waals surface area (Å²) in [5.74, 6) is 6.43. The van der Waals surface area contributed by atoms with E-state index in [9.17, 15) is 0 Å². The summed E-state index contributed by atoms with van der Waals surface area (Å²) < 4.78 is 0. The maximum Gasteiger partial charge on any atom is 0.0207 e. The van der Waals surface area contributed by atoms with E-state index in [-0.39, 0.29) is 0 Å². The molecule has 0 spiro atoms. The van der Waals surface area contributed by atoms with Crippen LogP contribution in [0.25, 0.3) is 0 Å². The molecule has 0 fully saturated rings. The molecule has 0 nitrogen and oxygen atoms in total. The van der Waals surface area contributed by atoms with Crippen molar-refractivity contribution in [1.82, 2.24) is 0 Å². The van der Waals surface area contributed by atoms with Crippen molar-refractivity contribution in [3.63, 3.8) is 0 Å². The second kappa shape index (κ2) is 15.0. The summed E-state index contributed by atoms with van der Waals surface area (Å²) in [7, 11) is 3.82. The van der Waals surface area contributed by atoms with E-state index in [1.54, 1.807) is 0 Å². The van der Waals surface area contributed by atoms with Gasteiger partial charge in [-0.2, -0.15) is 48.8 Å². The van der Waals surface area contributed by atoms with Crippen molar-refractivity contribution >= 4 is 70.4 Å². The monoisotopic (exact) mass is 358 g/mol. The van der Waals surface area contributed by atoms with Crippen molar-refractivity contribution in [2.75, 3.05) is 34.5 Å². The predicted molar refractivity (Wildman–Crippen MR) is 106 cm³/mol. The maximum atomic E-state index is 4.57. The van der Waals surface area contributed by atoms with Crippen LogP contribution in [-0.4, -0.2) is 45.0 Å². The van der Waals surface area contributed by atoms with Crippen LogP contribution in [0.4, 0.5) is 0 Å². The molecule has 0 rings (SSSR count). The third-order valence-corrected chi connectivity index (χ3v) is 8.19. The lowest BCUT2D eigenvalue weighted by Crippen LogP contribution is -2.07. The van der Waals surface area contributed by atoms with E-state index in [1.807, 2.05) is 57.3 Å². The Kier molecular flexibility index (Phi) is 16.3. The molecule has 0 aliphatic rings. The van der Waals surface area contributed by atoms with E-state index in [0.717, 1.165) is 34.5 Å². The Labute approximate surface area is 140 Å². The fourth-order valence-corrected chi connectivity index (χ4v) is 6.60. The third-order valence-electron chi connectivity index (χ3n) is 1.70. The number of rotatable bonds is 13. The largest absolute Gasteiger partial charge is 0.174 e. The number of thiol groups is 2. The molecule has 6 heteroatoms. The molecule has 0 aromatic heterocycles. The number of thioether (sulfide) groups is 2. The molecular weight excluding hydrogens is 337 g/mol. The summed E-state index contributed by atoms with van der Waals surface area (Å²) in [5, 5.41) is 0.946. The first-order valence-corrected chi connectivity index (χ1v) is 11.5. The summed E-state index contributed by atoms with van der Waals surface area (Å²) in [6.45, 7) is 7.42. The van der Waals surface area contributed by atoms with Crippen molar-refractivity contribution < 1.29 is 0 Å². The average Bonchev–Trinajstić information content (AvgIpc) is 2.35. The summed E-state index contributed by atoms with van der Waals surface area (Å²) >= 11 is 12.9. The highest BCUT2D eigenvalue weighted by molar-refractivity contribution is 8.76. The van der Waals surface area contributed by atoms with Crippen LogP contribution >= 0.6 is 70.4 Å². The van der Waals surface area contributed by atoms with Gasteiger partial charge in [0.05, 0.1) is 0 Å². The van der Waals surface area contributed by atoms with Crippen molar-refractivity contribution in [2.24, 2.45) is 0 Å². The standard InChI is InChI=1S/C12H22S6/c1-3-5-15-7-11(13)9-17-18-10-12(14)8-16-6-4-2/h3-4,11-14H,1-2,5-10H2. The molecule has 0 heterocycles. The summed E-state index contributed by atoms with van der Waals surface area (Å²) in [5.41, 5.74) is 0. The zero-order chi connectivity index (χ0) is 13.6. The van der Waals surface area contributed by atoms with Crippen molar-refractivity contribution in [3.05, 3.63) is 25.3 Å². The van der Waals surface area contributed by atoms with Crippen LogP contribution in [-0.2, 0) is 0 Å². The Morgan fingerprint density at radius 1 is 0.778 bits per heavy atom. The van der Waals surface area contributed by atoms with Crippen molar-refractivity contribution in [1.29, 1.82) is 0 Å². The summed E-state index contributed by atoms with van der Waals surface area (Å²) in [6, 6.07) is 0. The van der Waals surface area contributed by atoms with Crippen LogP contribution in [0.3, 0.4) is 0 Å². The van der Waals surface area contributed by atoms with Gasteiger partial charge in [0.2, 0.25) is 0 Å². The average molecular weight is 359 g/mol. The molecule has 106 valence electrons. The smallest absolute Gasteiger partial charge is 0.0207 e. The van der Waals surface area contributed by atoms with Gasteiger partial charge in [0.15, 0.2) is 0 Å². The van der Waals surface area contributed by atoms with E-state index in [0.29, 0.717) is 10.5 Å². The molecule has 18 heavy (non-hydrogen) atoms. The Balaban J connectivity index is 3.31. The van der Waals surface area contributed by atoms with E-state index in [4.69, 9.17) is 0 Å². The Morgan fingerprint density at radius 2 is 1.17 bits per heavy atom. The van der Waals surface area contributed by atoms with Crippen LogP contribution < -0.4 is 0 Å². The molecule has 0 aromatic rings. The Bertz CT molecular complexity index is 187. The first-order valence-electron chi connectivity index (χ1n) is 5.68. The lowest BCUT2D eigenvalue weighted by molar-refractivity contribution is 1.16. The van der Waals surface area contributed by atoms with Crippen molar-refractivity contribution in [2.45, 2.75) is 10.5 Å². The van der Waals surface area contributed by atoms with Crippen LogP contribution in [0, 0.1) is 0 Å². The second-order valence-corrected chi connectivity index (χ2v) is 9.69. The van der Waals surface area contributed by atoms with E-state index in [2.05, 4.69) is 38.4 Å². The lowest BCUT2D eigenvalue weighted by Gasteiger charge is -2.11. The topological polar surface area (TPSA) is 0 Å². The minimum atomic E-state index is 0.473. The normalized spacial score (nSPS) is 14.1. The highest BCUT2D eigenvalue weighted by Gasteiger charge is 2.06. The fourth-order valence-electron chi connectivity index (χ4n) is 0.924. The lowest BCUT2D eigenvalue weighted by atomic mass is 10.5. The highest BCUT2D eigenvalue weighted by atomic mass is 33.1. The van der Waals surface area contributed by atoms with Gasteiger partial charge in [-0.05, 0) is 0 Å².